The summed E-state index contributed by atoms with van der Waals surface area (Å²) in [5.74, 6) is 1.35. The molecule has 0 aliphatic carbocycles. The van der Waals surface area contributed by atoms with E-state index in [4.69, 9.17) is 9.15 Å². The van der Waals surface area contributed by atoms with Crippen molar-refractivity contribution < 1.29 is 18.6 Å². The van der Waals surface area contributed by atoms with Gasteiger partial charge in [-0.15, -0.1) is 0 Å². The average molecular weight is 640 g/mol. The number of unbranched alkanes of at least 4 members (excludes halogenated alkanes) is 7. The fourth-order valence-corrected chi connectivity index (χ4v) is 6.08. The van der Waals surface area contributed by atoms with E-state index in [9.17, 15) is 10.1 Å². The number of halogens is 3. The molecule has 0 spiro atoms. The molecule has 0 unspecified atom stereocenters. The number of nitrogens with zero attached hydrogens (tertiary/aromatic N) is 2. The maximum absolute atomic E-state index is 10.7. The summed E-state index contributed by atoms with van der Waals surface area (Å²) in [5.41, 5.74) is 0. The molecule has 9 heteroatoms. The zero-order valence-corrected chi connectivity index (χ0v) is 23.5. The van der Waals surface area contributed by atoms with Crippen molar-refractivity contribution in [3.8, 4) is 5.75 Å². The predicted molar refractivity (Wildman–Crippen MR) is 138 cm³/mol. The van der Waals surface area contributed by atoms with E-state index in [1.54, 1.807) is 6.07 Å². The number of hydrogen-bond donors (Lipinski definition) is 0. The molecule has 2 aromatic rings. The molecule has 0 aliphatic heterocycles. The Morgan fingerprint density at radius 2 is 1.50 bits per heavy atom. The summed E-state index contributed by atoms with van der Waals surface area (Å²) < 4.78 is 14.9. The molecule has 0 fully saturated rings. The van der Waals surface area contributed by atoms with E-state index in [-0.39, 0.29) is 5.88 Å². The van der Waals surface area contributed by atoms with E-state index in [2.05, 4.69) is 61.9 Å². The normalized spacial score (nSPS) is 11.7. The molecule has 1 heterocycles. The van der Waals surface area contributed by atoms with Crippen molar-refractivity contribution in [2.45, 2.75) is 57.9 Å². The zero-order chi connectivity index (χ0) is 23.6. The molecule has 0 N–H and O–H groups in total. The first-order chi connectivity index (χ1) is 15.2. The molecule has 0 atom stereocenters. The van der Waals surface area contributed by atoms with Gasteiger partial charge in [0.1, 0.15) is 17.2 Å². The van der Waals surface area contributed by atoms with Crippen molar-refractivity contribution in [1.82, 2.24) is 0 Å². The minimum Gasteiger partial charge on any atom is -0.491 e. The monoisotopic (exact) mass is 637 g/mol. The molecule has 0 bridgehead atoms. The van der Waals surface area contributed by atoms with Gasteiger partial charge in [-0.3, -0.25) is 10.1 Å². The second-order valence-corrected chi connectivity index (χ2v) is 11.3. The van der Waals surface area contributed by atoms with Gasteiger partial charge in [-0.1, -0.05) is 48.0 Å². The van der Waals surface area contributed by atoms with Crippen LogP contribution >= 0.6 is 47.8 Å². The first-order valence-corrected chi connectivity index (χ1v) is 13.4. The summed E-state index contributed by atoms with van der Waals surface area (Å²) in [7, 11) is 4.28. The molecule has 178 valence electrons. The number of nitro groups is 1. The van der Waals surface area contributed by atoms with Gasteiger partial charge >= 0.3 is 5.88 Å². The first-order valence-electron chi connectivity index (χ1n) is 11.0. The van der Waals surface area contributed by atoms with Crippen LogP contribution in [0.15, 0.2) is 42.1 Å². The lowest BCUT2D eigenvalue weighted by atomic mass is 10.1. The Morgan fingerprint density at radius 3 is 2.06 bits per heavy atom. The summed E-state index contributed by atoms with van der Waals surface area (Å²) in [4.78, 5) is 10.3. The summed E-state index contributed by atoms with van der Waals surface area (Å²) in [6, 6.07) is 7.12. The van der Waals surface area contributed by atoms with Crippen molar-refractivity contribution in [3.05, 3.63) is 53.6 Å². The van der Waals surface area contributed by atoms with Crippen LogP contribution in [-0.4, -0.2) is 36.7 Å². The number of benzene rings is 1. The van der Waals surface area contributed by atoms with Crippen molar-refractivity contribution >= 4 is 53.7 Å². The zero-order valence-electron chi connectivity index (χ0n) is 18.7. The number of rotatable bonds is 15. The van der Waals surface area contributed by atoms with Crippen LogP contribution in [0.5, 0.6) is 5.75 Å². The molecule has 0 saturated heterocycles. The molecule has 0 aliphatic rings. The van der Waals surface area contributed by atoms with Gasteiger partial charge in [-0.2, -0.15) is 0 Å². The smallest absolute Gasteiger partial charge is 0.433 e. The Labute approximate surface area is 215 Å². The molecule has 1 aromatic carbocycles. The third-order valence-electron chi connectivity index (χ3n) is 5.28. The van der Waals surface area contributed by atoms with Gasteiger partial charge in [-0.25, -0.2) is 0 Å². The summed E-state index contributed by atoms with van der Waals surface area (Å²) in [5, 5.41) is 10.7. The van der Waals surface area contributed by atoms with E-state index < -0.39 is 4.92 Å². The lowest BCUT2D eigenvalue weighted by molar-refractivity contribution is -0.904. The number of ether oxygens (including phenoxy) is 1. The number of furan rings is 1. The van der Waals surface area contributed by atoms with Crippen LogP contribution in [0.1, 0.15) is 57.1 Å². The van der Waals surface area contributed by atoms with Crippen LogP contribution < -0.4 is 4.74 Å². The first kappa shape index (κ1) is 27.3. The lowest BCUT2D eigenvalue weighted by Crippen LogP contribution is -2.39. The molecule has 0 radical (unpaired) electrons. The Kier molecular flexibility index (Phi) is 11.7. The van der Waals surface area contributed by atoms with E-state index in [1.807, 2.05) is 12.1 Å². The maximum atomic E-state index is 10.7. The fourth-order valence-electron chi connectivity index (χ4n) is 3.59. The Balaban J connectivity index is 1.48. The van der Waals surface area contributed by atoms with Crippen LogP contribution in [0.3, 0.4) is 0 Å². The molecule has 1 aromatic heterocycles. The average Bonchev–Trinajstić information content (AvgIpc) is 3.15. The van der Waals surface area contributed by atoms with E-state index in [1.165, 1.54) is 44.6 Å². The quantitative estimate of drug-likeness (QED) is 0.0852. The SMILES string of the molecule is C[N+](C)(CCCCCCCCCCOc1c(Br)cc(Br)cc1Br)Cc1ccc([N+](=O)[O-])o1. The van der Waals surface area contributed by atoms with Crippen molar-refractivity contribution in [3.63, 3.8) is 0 Å². The highest BCUT2D eigenvalue weighted by molar-refractivity contribution is 9.11. The van der Waals surface area contributed by atoms with E-state index in [0.717, 1.165) is 49.6 Å². The lowest BCUT2D eigenvalue weighted by Gasteiger charge is -2.28. The van der Waals surface area contributed by atoms with Gasteiger partial charge in [0, 0.05) is 4.47 Å². The Morgan fingerprint density at radius 1 is 0.938 bits per heavy atom. The second kappa shape index (κ2) is 13.7. The third-order valence-corrected chi connectivity index (χ3v) is 6.91. The minimum absolute atomic E-state index is 0.180. The highest BCUT2D eigenvalue weighted by atomic mass is 79.9. The maximum Gasteiger partial charge on any atom is 0.433 e. The molecule has 0 saturated carbocycles. The highest BCUT2D eigenvalue weighted by Crippen LogP contribution is 2.36. The predicted octanol–water partition coefficient (Wildman–Crippen LogP) is 8.25. The minimum atomic E-state index is -0.489. The van der Waals surface area contributed by atoms with Crippen LogP contribution in [-0.2, 0) is 6.54 Å². The van der Waals surface area contributed by atoms with E-state index >= 15 is 0 Å². The Hall–Kier alpha value is -0.900. The van der Waals surface area contributed by atoms with Crippen LogP contribution in [0.2, 0.25) is 0 Å². The van der Waals surface area contributed by atoms with Crippen LogP contribution in [0.4, 0.5) is 5.88 Å². The standard InChI is InChI=1S/C23H32Br3N2O4/c1-28(2,17-19-11-12-22(32-19)27(29)30)13-9-7-5-3-4-6-8-10-14-31-23-20(25)15-18(24)16-21(23)26/h11-12,15-16H,3-10,13-14,17H2,1-2H3/q+1. The van der Waals surface area contributed by atoms with Gasteiger partial charge in [0.2, 0.25) is 0 Å². The van der Waals surface area contributed by atoms with Crippen LogP contribution in [0.25, 0.3) is 0 Å². The van der Waals surface area contributed by atoms with E-state index in [0.29, 0.717) is 12.3 Å². The molecule has 6 nitrogen and oxygen atoms in total. The van der Waals surface area contributed by atoms with Gasteiger partial charge in [0.15, 0.2) is 5.76 Å². The summed E-state index contributed by atoms with van der Waals surface area (Å²) in [6.07, 6.45) is 9.64. The molecule has 0 amide bonds. The summed E-state index contributed by atoms with van der Waals surface area (Å²) in [6.45, 7) is 2.43. The van der Waals surface area contributed by atoms with Gasteiger partial charge in [-0.05, 0) is 69.3 Å². The molecule has 2 rings (SSSR count). The van der Waals surface area contributed by atoms with Gasteiger partial charge in [0.05, 0.1) is 42.3 Å². The van der Waals surface area contributed by atoms with Crippen molar-refractivity contribution in [1.29, 1.82) is 0 Å². The van der Waals surface area contributed by atoms with Gasteiger partial charge < -0.3 is 13.6 Å². The second-order valence-electron chi connectivity index (χ2n) is 8.69. The molecular formula is C23H32Br3N2O4+. The third kappa shape index (κ3) is 9.93. The number of quaternary nitrogens is 1. The Bertz CT molecular complexity index is 848. The van der Waals surface area contributed by atoms with Crippen LogP contribution in [0, 0.1) is 10.1 Å². The van der Waals surface area contributed by atoms with Crippen molar-refractivity contribution in [2.75, 3.05) is 27.2 Å². The molecular weight excluding hydrogens is 608 g/mol. The summed E-state index contributed by atoms with van der Waals surface area (Å²) >= 11 is 10.5. The van der Waals surface area contributed by atoms with Gasteiger partial charge in [0.25, 0.3) is 0 Å². The molecule has 32 heavy (non-hydrogen) atoms. The highest BCUT2D eigenvalue weighted by Gasteiger charge is 2.20. The largest absolute Gasteiger partial charge is 0.491 e. The number of hydrogen-bond acceptors (Lipinski definition) is 4. The topological polar surface area (TPSA) is 65.5 Å². The fraction of sp³-hybridized carbons (Fsp3) is 0.565. The van der Waals surface area contributed by atoms with Crippen molar-refractivity contribution in [2.24, 2.45) is 0 Å².